The lowest BCUT2D eigenvalue weighted by Crippen LogP contribution is -2.51. The number of halogens is 3. The summed E-state index contributed by atoms with van der Waals surface area (Å²) < 4.78 is 26.2. The van der Waals surface area contributed by atoms with Gasteiger partial charge in [-0.3, -0.25) is 0 Å². The number of sulfonamides is 1. The van der Waals surface area contributed by atoms with Crippen LogP contribution in [0.5, 0.6) is 0 Å². The van der Waals surface area contributed by atoms with Gasteiger partial charge in [0.1, 0.15) is 5.69 Å². The maximum absolute atomic E-state index is 11.7. The molecule has 1 saturated heterocycles. The fourth-order valence-corrected chi connectivity index (χ4v) is 5.08. The molecule has 2 aromatic heterocycles. The topological polar surface area (TPSA) is 113 Å². The molecule has 0 bridgehead atoms. The van der Waals surface area contributed by atoms with Gasteiger partial charge >= 0.3 is 0 Å². The number of benzene rings is 1. The van der Waals surface area contributed by atoms with E-state index in [-0.39, 0.29) is 12.5 Å². The molecule has 1 aliphatic rings. The monoisotopic (exact) mass is 516 g/mol. The van der Waals surface area contributed by atoms with Gasteiger partial charge in [-0.2, -0.15) is 9.40 Å². The third-order valence-electron chi connectivity index (χ3n) is 5.09. The highest BCUT2D eigenvalue weighted by atomic mass is 35.5. The van der Waals surface area contributed by atoms with Crippen LogP contribution in [0.15, 0.2) is 36.8 Å². The Morgan fingerprint density at radius 1 is 1.16 bits per heavy atom. The molecule has 0 amide bonds. The average Bonchev–Trinajstić information content (AvgIpc) is 3.19. The zero-order valence-corrected chi connectivity index (χ0v) is 19.9. The molecule has 2 N–H and O–H groups in total. The summed E-state index contributed by atoms with van der Waals surface area (Å²) in [5.41, 5.74) is 1.58. The zero-order chi connectivity index (χ0) is 23.0. The SMILES string of the molecule is CS(=O)(=O)N1CCC(Nc2ncc(Cl)c(-c3cnn(-c4c(Cl)cccc4Cl)c3)n2)C(O)C1. The van der Waals surface area contributed by atoms with Crippen molar-refractivity contribution in [2.75, 3.05) is 24.7 Å². The van der Waals surface area contributed by atoms with E-state index >= 15 is 0 Å². The van der Waals surface area contributed by atoms with E-state index in [1.54, 1.807) is 30.6 Å². The molecular formula is C19H19Cl3N6O3S. The molecule has 0 aliphatic carbocycles. The summed E-state index contributed by atoms with van der Waals surface area (Å²) in [6, 6.07) is 4.76. The second-order valence-corrected chi connectivity index (χ2v) is 10.6. The van der Waals surface area contributed by atoms with Crippen LogP contribution in [0.25, 0.3) is 16.9 Å². The van der Waals surface area contributed by atoms with Crippen molar-refractivity contribution in [2.24, 2.45) is 0 Å². The lowest BCUT2D eigenvalue weighted by atomic mass is 10.0. The van der Waals surface area contributed by atoms with Crippen molar-refractivity contribution in [3.05, 3.63) is 51.9 Å². The second-order valence-electron chi connectivity index (χ2n) is 7.36. The maximum atomic E-state index is 11.7. The fourth-order valence-electron chi connectivity index (χ4n) is 3.45. The molecular weight excluding hydrogens is 499 g/mol. The Morgan fingerprint density at radius 3 is 2.53 bits per heavy atom. The largest absolute Gasteiger partial charge is 0.390 e. The molecule has 3 aromatic rings. The number of aliphatic hydroxyl groups is 1. The molecule has 0 radical (unpaired) electrons. The summed E-state index contributed by atoms with van der Waals surface area (Å²) >= 11 is 18.9. The van der Waals surface area contributed by atoms with Crippen LogP contribution in [0, 0.1) is 0 Å². The van der Waals surface area contributed by atoms with Crippen LogP contribution in [0.2, 0.25) is 15.1 Å². The Hall–Kier alpha value is -1.95. The minimum atomic E-state index is -3.36. The van der Waals surface area contributed by atoms with E-state index in [1.807, 2.05) is 0 Å². The summed E-state index contributed by atoms with van der Waals surface area (Å²) in [6.45, 7) is 0.293. The number of aliphatic hydroxyl groups excluding tert-OH is 1. The zero-order valence-electron chi connectivity index (χ0n) is 16.8. The number of hydrogen-bond donors (Lipinski definition) is 2. The first-order valence-electron chi connectivity index (χ1n) is 9.55. The number of para-hydroxylation sites is 1. The molecule has 2 atom stereocenters. The number of nitrogens with one attached hydrogen (secondary N) is 1. The molecule has 0 spiro atoms. The van der Waals surface area contributed by atoms with E-state index in [2.05, 4.69) is 20.4 Å². The number of aromatic nitrogens is 4. The second kappa shape index (κ2) is 9.12. The molecule has 2 unspecified atom stereocenters. The number of hydrogen-bond acceptors (Lipinski definition) is 7. The first-order chi connectivity index (χ1) is 15.1. The summed E-state index contributed by atoms with van der Waals surface area (Å²) in [7, 11) is -3.36. The van der Waals surface area contributed by atoms with Crippen LogP contribution < -0.4 is 5.32 Å². The molecule has 32 heavy (non-hydrogen) atoms. The van der Waals surface area contributed by atoms with Crippen LogP contribution in [-0.4, -0.2) is 69.1 Å². The first-order valence-corrected chi connectivity index (χ1v) is 12.5. The first kappa shape index (κ1) is 23.2. The van der Waals surface area contributed by atoms with Crippen molar-refractivity contribution < 1.29 is 13.5 Å². The van der Waals surface area contributed by atoms with Gasteiger partial charge in [-0.1, -0.05) is 40.9 Å². The van der Waals surface area contributed by atoms with Crippen LogP contribution in [0.4, 0.5) is 5.95 Å². The Balaban J connectivity index is 1.56. The predicted molar refractivity (Wildman–Crippen MR) is 124 cm³/mol. The van der Waals surface area contributed by atoms with Gasteiger partial charge < -0.3 is 10.4 Å². The number of rotatable bonds is 5. The molecule has 0 saturated carbocycles. The average molecular weight is 518 g/mol. The van der Waals surface area contributed by atoms with Crippen LogP contribution in [-0.2, 0) is 10.0 Å². The summed E-state index contributed by atoms with van der Waals surface area (Å²) in [4.78, 5) is 8.66. The smallest absolute Gasteiger partial charge is 0.223 e. The van der Waals surface area contributed by atoms with Gasteiger partial charge in [0.25, 0.3) is 0 Å². The molecule has 13 heteroatoms. The highest BCUT2D eigenvalue weighted by molar-refractivity contribution is 7.88. The lowest BCUT2D eigenvalue weighted by molar-refractivity contribution is 0.0950. The Morgan fingerprint density at radius 2 is 1.88 bits per heavy atom. The van der Waals surface area contributed by atoms with E-state index in [1.165, 1.54) is 15.2 Å². The summed E-state index contributed by atoms with van der Waals surface area (Å²) in [6.07, 6.45) is 5.34. The predicted octanol–water partition coefficient (Wildman–Crippen LogP) is 3.10. The Bertz CT molecular complexity index is 1230. The van der Waals surface area contributed by atoms with Crippen molar-refractivity contribution in [3.8, 4) is 16.9 Å². The van der Waals surface area contributed by atoms with Crippen molar-refractivity contribution >= 4 is 50.8 Å². The number of β-amino-alcohol motifs (C(OH)–C–C–N with tert-alkyl or cyclic N) is 1. The highest BCUT2D eigenvalue weighted by Crippen LogP contribution is 2.31. The molecule has 4 rings (SSSR count). The molecule has 1 fully saturated rings. The number of anilines is 1. The van der Waals surface area contributed by atoms with Crippen molar-refractivity contribution in [3.63, 3.8) is 0 Å². The summed E-state index contributed by atoms with van der Waals surface area (Å²) in [5.74, 6) is 0.254. The molecule has 1 aliphatic heterocycles. The highest BCUT2D eigenvalue weighted by Gasteiger charge is 2.32. The van der Waals surface area contributed by atoms with Crippen molar-refractivity contribution in [2.45, 2.75) is 18.6 Å². The summed E-state index contributed by atoms with van der Waals surface area (Å²) in [5, 5.41) is 19.0. The number of piperidine rings is 1. The van der Waals surface area contributed by atoms with Gasteiger partial charge in [-0.05, 0) is 18.6 Å². The minimum absolute atomic E-state index is 0.00229. The Kier molecular flexibility index (Phi) is 6.62. The number of nitrogens with zero attached hydrogens (tertiary/aromatic N) is 5. The Labute approximate surface area is 200 Å². The van der Waals surface area contributed by atoms with Gasteiger partial charge in [0.05, 0.1) is 51.6 Å². The van der Waals surface area contributed by atoms with E-state index in [4.69, 9.17) is 34.8 Å². The quantitative estimate of drug-likeness (QED) is 0.535. The van der Waals surface area contributed by atoms with E-state index in [0.29, 0.717) is 45.0 Å². The van der Waals surface area contributed by atoms with Crippen LogP contribution in [0.3, 0.4) is 0 Å². The minimum Gasteiger partial charge on any atom is -0.390 e. The van der Waals surface area contributed by atoms with Gasteiger partial charge in [-0.15, -0.1) is 0 Å². The van der Waals surface area contributed by atoms with Crippen molar-refractivity contribution in [1.82, 2.24) is 24.1 Å². The fraction of sp³-hybridized carbons (Fsp3) is 0.316. The molecule has 3 heterocycles. The van der Waals surface area contributed by atoms with Crippen molar-refractivity contribution in [1.29, 1.82) is 0 Å². The lowest BCUT2D eigenvalue weighted by Gasteiger charge is -2.34. The normalized spacial score (nSPS) is 19.8. The van der Waals surface area contributed by atoms with Gasteiger partial charge in [-0.25, -0.2) is 23.1 Å². The molecule has 1 aromatic carbocycles. The standard InChI is InChI=1S/C19H19Cl3N6O3S/c1-32(30,31)27-6-5-15(16(29)10-27)25-19-23-8-14(22)17(26-19)11-7-24-28(9-11)18-12(20)3-2-4-13(18)21/h2-4,7-9,15-16,29H,5-6,10H2,1H3,(H,23,25,26). The van der Waals surface area contributed by atoms with Gasteiger partial charge in [0, 0.05) is 24.8 Å². The van der Waals surface area contributed by atoms with Gasteiger partial charge in [0.15, 0.2) is 0 Å². The molecule has 170 valence electrons. The third kappa shape index (κ3) is 4.85. The van der Waals surface area contributed by atoms with E-state index in [0.717, 1.165) is 6.26 Å². The van der Waals surface area contributed by atoms with E-state index in [9.17, 15) is 13.5 Å². The van der Waals surface area contributed by atoms with Crippen LogP contribution in [0.1, 0.15) is 6.42 Å². The third-order valence-corrected chi connectivity index (χ3v) is 7.25. The van der Waals surface area contributed by atoms with Gasteiger partial charge in [0.2, 0.25) is 16.0 Å². The van der Waals surface area contributed by atoms with E-state index < -0.39 is 22.2 Å². The molecule has 9 nitrogen and oxygen atoms in total. The maximum Gasteiger partial charge on any atom is 0.223 e. The van der Waals surface area contributed by atoms with Crippen LogP contribution >= 0.6 is 34.8 Å².